The summed E-state index contributed by atoms with van der Waals surface area (Å²) >= 11 is 0. The first kappa shape index (κ1) is 30.3. The summed E-state index contributed by atoms with van der Waals surface area (Å²) < 4.78 is 29.8. The Bertz CT molecular complexity index is 1650. The number of carbonyl (C=O) groups excluding carboxylic acids is 1. The molecule has 5 rings (SSSR count). The van der Waals surface area contributed by atoms with Gasteiger partial charge in [-0.25, -0.2) is 0 Å². The number of ether oxygens (including phenoxy) is 5. The molecule has 44 heavy (non-hydrogen) atoms. The highest BCUT2D eigenvalue weighted by Gasteiger charge is 2.17. The van der Waals surface area contributed by atoms with E-state index in [0.717, 1.165) is 39.3 Å². The predicted octanol–water partition coefficient (Wildman–Crippen LogP) is 5.39. The molecule has 0 bridgehead atoms. The molecule has 4 aromatic rings. The SMILES string of the molecule is COc1c(COc2ccc(CNCCNC(C)=O)c(OCc3cccc(C#N)c3)c2)cccc1-c1ccc2c(c1)OCCO2. The van der Waals surface area contributed by atoms with Crippen molar-refractivity contribution in [2.75, 3.05) is 33.4 Å². The van der Waals surface area contributed by atoms with Gasteiger partial charge in [0.15, 0.2) is 11.5 Å². The second kappa shape index (κ2) is 14.8. The van der Waals surface area contributed by atoms with Crippen molar-refractivity contribution in [2.24, 2.45) is 0 Å². The zero-order valence-electron chi connectivity index (χ0n) is 24.9. The fourth-order valence-electron chi connectivity index (χ4n) is 4.89. The monoisotopic (exact) mass is 593 g/mol. The summed E-state index contributed by atoms with van der Waals surface area (Å²) in [6.45, 7) is 4.81. The summed E-state index contributed by atoms with van der Waals surface area (Å²) in [7, 11) is 1.65. The van der Waals surface area contributed by atoms with Gasteiger partial charge < -0.3 is 34.3 Å². The van der Waals surface area contributed by atoms with Gasteiger partial charge in [-0.15, -0.1) is 0 Å². The van der Waals surface area contributed by atoms with E-state index < -0.39 is 0 Å². The molecule has 1 aliphatic rings. The molecule has 9 heteroatoms. The molecule has 0 saturated heterocycles. The predicted molar refractivity (Wildman–Crippen MR) is 166 cm³/mol. The molecule has 1 aliphatic heterocycles. The number of nitriles is 1. The summed E-state index contributed by atoms with van der Waals surface area (Å²) in [6, 6.07) is 27.1. The van der Waals surface area contributed by atoms with Gasteiger partial charge in [-0.2, -0.15) is 5.26 Å². The van der Waals surface area contributed by atoms with Crippen LogP contribution in [0.25, 0.3) is 11.1 Å². The Labute approximate surface area is 257 Å². The molecule has 0 spiro atoms. The van der Waals surface area contributed by atoms with E-state index in [2.05, 4.69) is 16.7 Å². The van der Waals surface area contributed by atoms with Crippen LogP contribution < -0.4 is 34.3 Å². The van der Waals surface area contributed by atoms with Gasteiger partial charge in [0.05, 0.1) is 18.7 Å². The van der Waals surface area contributed by atoms with Crippen molar-refractivity contribution in [3.05, 3.63) is 101 Å². The number of nitrogens with zero attached hydrogens (tertiary/aromatic N) is 1. The summed E-state index contributed by atoms with van der Waals surface area (Å²) in [5, 5.41) is 15.4. The lowest BCUT2D eigenvalue weighted by molar-refractivity contribution is -0.118. The molecular formula is C35H35N3O6. The van der Waals surface area contributed by atoms with Crippen LogP contribution in [0.2, 0.25) is 0 Å². The first-order valence-electron chi connectivity index (χ1n) is 14.4. The van der Waals surface area contributed by atoms with Crippen molar-refractivity contribution in [3.8, 4) is 45.9 Å². The first-order valence-corrected chi connectivity index (χ1v) is 14.4. The van der Waals surface area contributed by atoms with E-state index in [1.165, 1.54) is 6.92 Å². The van der Waals surface area contributed by atoms with E-state index in [-0.39, 0.29) is 12.5 Å². The molecule has 0 saturated carbocycles. The van der Waals surface area contributed by atoms with E-state index in [1.54, 1.807) is 13.2 Å². The van der Waals surface area contributed by atoms with Gasteiger partial charge in [0.1, 0.15) is 43.7 Å². The Morgan fingerprint density at radius 2 is 1.73 bits per heavy atom. The molecule has 9 nitrogen and oxygen atoms in total. The standard InChI is InChI=1S/C35H35N3O6/c1-24(39)38-14-13-37-21-28-9-11-30(19-33(28)44-22-26-6-3-5-25(17-26)20-36)43-23-29-7-4-8-31(35(29)40-2)27-10-12-32-34(18-27)42-16-15-41-32/h3-12,17-19,37H,13-16,21-23H2,1-2H3,(H,38,39). The second-order valence-corrected chi connectivity index (χ2v) is 10.2. The van der Waals surface area contributed by atoms with Crippen LogP contribution in [0.4, 0.5) is 0 Å². The van der Waals surface area contributed by atoms with Gasteiger partial charge in [-0.1, -0.05) is 42.5 Å². The van der Waals surface area contributed by atoms with Gasteiger partial charge in [-0.3, -0.25) is 4.79 Å². The fraction of sp³-hybridized carbons (Fsp3) is 0.257. The maximum absolute atomic E-state index is 11.2. The third-order valence-electron chi connectivity index (χ3n) is 7.03. The van der Waals surface area contributed by atoms with Crippen molar-refractivity contribution < 1.29 is 28.5 Å². The smallest absolute Gasteiger partial charge is 0.216 e. The van der Waals surface area contributed by atoms with Crippen LogP contribution in [0.15, 0.2) is 78.9 Å². The van der Waals surface area contributed by atoms with Gasteiger partial charge in [0, 0.05) is 49.3 Å². The van der Waals surface area contributed by atoms with Crippen molar-refractivity contribution >= 4 is 5.91 Å². The van der Waals surface area contributed by atoms with E-state index in [9.17, 15) is 10.1 Å². The van der Waals surface area contributed by atoms with Gasteiger partial charge in [-0.05, 0) is 41.5 Å². The minimum absolute atomic E-state index is 0.0645. The quantitative estimate of drug-likeness (QED) is 0.199. The Hall–Kier alpha value is -5.20. The zero-order chi connectivity index (χ0) is 30.7. The minimum atomic E-state index is -0.0645. The second-order valence-electron chi connectivity index (χ2n) is 10.2. The molecule has 0 unspecified atom stereocenters. The van der Waals surface area contributed by atoms with Crippen molar-refractivity contribution in [1.82, 2.24) is 10.6 Å². The molecular weight excluding hydrogens is 558 g/mol. The lowest BCUT2D eigenvalue weighted by Crippen LogP contribution is -2.30. The molecule has 1 heterocycles. The highest BCUT2D eigenvalue weighted by atomic mass is 16.6. The maximum atomic E-state index is 11.2. The summed E-state index contributed by atoms with van der Waals surface area (Å²) in [5.41, 5.74) is 5.18. The molecule has 0 fully saturated rings. The number of amides is 1. The first-order chi connectivity index (χ1) is 21.5. The Kier molecular flexibility index (Phi) is 10.2. The number of benzene rings is 4. The number of nitrogens with one attached hydrogen (secondary N) is 2. The van der Waals surface area contributed by atoms with Crippen LogP contribution in [0.3, 0.4) is 0 Å². The zero-order valence-corrected chi connectivity index (χ0v) is 24.9. The van der Waals surface area contributed by atoms with E-state index in [0.29, 0.717) is 62.3 Å². The number of rotatable bonds is 13. The largest absolute Gasteiger partial charge is 0.496 e. The number of hydrogen-bond acceptors (Lipinski definition) is 8. The van der Waals surface area contributed by atoms with Gasteiger partial charge in [0.25, 0.3) is 0 Å². The average Bonchev–Trinajstić information content (AvgIpc) is 3.06. The van der Waals surface area contributed by atoms with Crippen LogP contribution in [0.1, 0.15) is 29.2 Å². The molecule has 0 aromatic heterocycles. The third kappa shape index (κ3) is 7.79. The maximum Gasteiger partial charge on any atom is 0.216 e. The lowest BCUT2D eigenvalue weighted by atomic mass is 10.0. The number of methoxy groups -OCH3 is 1. The topological polar surface area (TPSA) is 111 Å². The highest BCUT2D eigenvalue weighted by Crippen LogP contribution is 2.39. The normalized spacial score (nSPS) is 11.8. The molecule has 1 amide bonds. The molecule has 2 N–H and O–H groups in total. The molecule has 4 aromatic carbocycles. The van der Waals surface area contributed by atoms with Crippen molar-refractivity contribution in [2.45, 2.75) is 26.7 Å². The summed E-state index contributed by atoms with van der Waals surface area (Å²) in [4.78, 5) is 11.2. The van der Waals surface area contributed by atoms with Crippen molar-refractivity contribution in [1.29, 1.82) is 5.26 Å². The highest BCUT2D eigenvalue weighted by molar-refractivity contribution is 5.74. The average molecular weight is 594 g/mol. The van der Waals surface area contributed by atoms with E-state index >= 15 is 0 Å². The Morgan fingerprint density at radius 3 is 2.55 bits per heavy atom. The van der Waals surface area contributed by atoms with Crippen LogP contribution >= 0.6 is 0 Å². The third-order valence-corrected chi connectivity index (χ3v) is 7.03. The number of fused-ring (bicyclic) bond motifs is 1. The lowest BCUT2D eigenvalue weighted by Gasteiger charge is -2.20. The minimum Gasteiger partial charge on any atom is -0.496 e. The van der Waals surface area contributed by atoms with Crippen LogP contribution in [0, 0.1) is 11.3 Å². The molecule has 0 atom stereocenters. The Balaban J connectivity index is 1.32. The molecule has 0 radical (unpaired) electrons. The van der Waals surface area contributed by atoms with E-state index in [4.69, 9.17) is 23.7 Å². The van der Waals surface area contributed by atoms with Crippen LogP contribution in [-0.4, -0.2) is 39.3 Å². The van der Waals surface area contributed by atoms with Gasteiger partial charge in [0.2, 0.25) is 5.91 Å². The number of carbonyl (C=O) groups is 1. The van der Waals surface area contributed by atoms with Crippen LogP contribution in [-0.2, 0) is 24.6 Å². The number of para-hydroxylation sites is 1. The van der Waals surface area contributed by atoms with Crippen molar-refractivity contribution in [3.63, 3.8) is 0 Å². The summed E-state index contributed by atoms with van der Waals surface area (Å²) in [6.07, 6.45) is 0. The molecule has 226 valence electrons. The van der Waals surface area contributed by atoms with Crippen LogP contribution in [0.5, 0.6) is 28.7 Å². The van der Waals surface area contributed by atoms with E-state index in [1.807, 2.05) is 72.8 Å². The van der Waals surface area contributed by atoms with Gasteiger partial charge >= 0.3 is 0 Å². The Morgan fingerprint density at radius 1 is 0.886 bits per heavy atom. The summed E-state index contributed by atoms with van der Waals surface area (Å²) in [5.74, 6) is 3.41. The number of hydrogen-bond donors (Lipinski definition) is 2. The molecule has 0 aliphatic carbocycles. The fourth-order valence-corrected chi connectivity index (χ4v) is 4.89.